The maximum Gasteiger partial charge on any atom is 0.246 e. The Kier molecular flexibility index (Phi) is 24.7. The lowest BCUT2D eigenvalue weighted by molar-refractivity contribution is -0.147. The van der Waals surface area contributed by atoms with Crippen molar-refractivity contribution < 1.29 is 52.3 Å². The van der Waals surface area contributed by atoms with Crippen LogP contribution in [0.4, 0.5) is 4.39 Å². The third kappa shape index (κ3) is 18.7. The molecule has 23 heteroatoms. The summed E-state index contributed by atoms with van der Waals surface area (Å²) in [5, 5.41) is 20.4. The van der Waals surface area contributed by atoms with Gasteiger partial charge in [0.05, 0.1) is 6.10 Å². The summed E-state index contributed by atoms with van der Waals surface area (Å²) in [5.41, 5.74) is 4.12. The summed E-state index contributed by atoms with van der Waals surface area (Å²) in [5.74, 6) is 2.12. The number of nitrogens with one attached hydrogen (secondary N) is 8. The number of carbonyl (C=O) groups is 9. The SMILES string of the molecule is CO[C@H](C)[C@@H]1NC(=O)[C@@H]2CC/C=C\Cc3cccc(c3)C[C@H](NC(=O)[C@@H](C)NC(=O)[C@H](C)NC(=O)CCSCc3cccc(c3)CSCCNC(=O)[C@]3(C)CCCN3C(=O)[C@H](CC3=CCC#CC=C3)NC1=O)C(=O)N[C@@H](Cc1c[nH]c3ccc(F)cc13)C(=O)N2C. The van der Waals surface area contributed by atoms with Gasteiger partial charge in [-0.1, -0.05) is 84.7 Å². The number of rotatable bonds is 6. The summed E-state index contributed by atoms with van der Waals surface area (Å²) in [6.07, 6.45) is 11.6. The smallest absolute Gasteiger partial charge is 0.246 e. The van der Waals surface area contributed by atoms with Crippen LogP contribution in [-0.2, 0) is 78.7 Å². The van der Waals surface area contributed by atoms with Crippen molar-refractivity contribution in [2.45, 2.75) is 157 Å². The number of carbonyl (C=O) groups excluding carboxylic acids is 9. The molecular formula is C68H83FN10O10S2. The number of hydrogen-bond acceptors (Lipinski definition) is 12. The Hall–Kier alpha value is -8.20. The van der Waals surface area contributed by atoms with E-state index in [0.717, 1.165) is 16.7 Å². The number of methoxy groups -OCH3 is 1. The second kappa shape index (κ2) is 32.7. The number of allylic oxidation sites excluding steroid dienone is 5. The molecule has 6 bridgehead atoms. The van der Waals surface area contributed by atoms with Gasteiger partial charge in [0.25, 0.3) is 0 Å². The number of benzene rings is 3. The largest absolute Gasteiger partial charge is 0.379 e. The number of nitrogens with zero attached hydrogens (tertiary/aromatic N) is 2. The van der Waals surface area contributed by atoms with Crippen LogP contribution in [0.5, 0.6) is 0 Å². The van der Waals surface area contributed by atoms with Gasteiger partial charge in [0.2, 0.25) is 53.2 Å². The summed E-state index contributed by atoms with van der Waals surface area (Å²) < 4.78 is 20.7. The fourth-order valence-electron chi connectivity index (χ4n) is 11.6. The highest BCUT2D eigenvalue weighted by Gasteiger charge is 2.48. The van der Waals surface area contributed by atoms with Crippen molar-refractivity contribution in [1.29, 1.82) is 0 Å². The molecule has 3 aromatic carbocycles. The molecule has 3 aliphatic heterocycles. The minimum Gasteiger partial charge on any atom is -0.379 e. The predicted molar refractivity (Wildman–Crippen MR) is 350 cm³/mol. The number of ether oxygens (including phenoxy) is 1. The average Bonchev–Trinajstić information content (AvgIpc) is 1.71. The molecule has 1 fully saturated rings. The molecular weight excluding hydrogens is 1200 g/mol. The van der Waals surface area contributed by atoms with E-state index in [0.29, 0.717) is 82.8 Å². The average molecular weight is 1280 g/mol. The molecule has 20 nitrogen and oxygen atoms in total. The number of fused-ring (bicyclic) bond motifs is 12. The summed E-state index contributed by atoms with van der Waals surface area (Å²) >= 11 is 3.21. The van der Waals surface area contributed by atoms with Crippen molar-refractivity contribution in [3.63, 3.8) is 0 Å². The topological polar surface area (TPSA) is 269 Å². The predicted octanol–water partition coefficient (Wildman–Crippen LogP) is 5.14. The minimum absolute atomic E-state index is 0.0143. The third-order valence-corrected chi connectivity index (χ3v) is 19.0. The van der Waals surface area contributed by atoms with Crippen molar-refractivity contribution in [3.8, 4) is 11.8 Å². The van der Waals surface area contributed by atoms with E-state index >= 15 is 24.0 Å². The zero-order valence-corrected chi connectivity index (χ0v) is 54.1. The molecule has 4 aromatic rings. The Morgan fingerprint density at radius 2 is 1.45 bits per heavy atom. The second-order valence-electron chi connectivity index (χ2n) is 23.7. The van der Waals surface area contributed by atoms with E-state index in [1.54, 1.807) is 67.9 Å². The van der Waals surface area contributed by atoms with Crippen LogP contribution in [0.3, 0.4) is 0 Å². The number of thioether (sulfide) groups is 2. The van der Waals surface area contributed by atoms with E-state index < -0.39 is 101 Å². The van der Waals surface area contributed by atoms with Crippen LogP contribution < -0.4 is 37.2 Å². The second-order valence-corrected chi connectivity index (χ2v) is 25.9. The first-order chi connectivity index (χ1) is 43.7. The number of aromatic nitrogens is 1. The van der Waals surface area contributed by atoms with Gasteiger partial charge in [0.1, 0.15) is 53.6 Å². The number of aromatic amines is 1. The summed E-state index contributed by atoms with van der Waals surface area (Å²) in [6.45, 7) is 6.83. The van der Waals surface area contributed by atoms with Gasteiger partial charge in [-0.05, 0) is 117 Å². The molecule has 8 rings (SSSR count). The number of hydrogen-bond donors (Lipinski definition) is 8. The lowest BCUT2D eigenvalue weighted by Gasteiger charge is -2.37. The summed E-state index contributed by atoms with van der Waals surface area (Å²) in [4.78, 5) is 137. The van der Waals surface area contributed by atoms with Crippen LogP contribution in [0.25, 0.3) is 10.9 Å². The Balaban J connectivity index is 1.14. The van der Waals surface area contributed by atoms with Gasteiger partial charge in [-0.25, -0.2) is 4.39 Å². The van der Waals surface area contributed by atoms with E-state index in [1.165, 1.54) is 49.9 Å². The molecule has 484 valence electrons. The molecule has 0 saturated carbocycles. The molecule has 9 amide bonds. The number of H-pyrrole nitrogens is 1. The first-order valence-electron chi connectivity index (χ1n) is 31.0. The number of likely N-dealkylation sites (N-methyl/N-ethyl adjacent to an activating group) is 1. The zero-order valence-electron chi connectivity index (χ0n) is 52.4. The van der Waals surface area contributed by atoms with Crippen LogP contribution in [0.15, 0.2) is 109 Å². The van der Waals surface area contributed by atoms with Crippen molar-refractivity contribution >= 4 is 87.6 Å². The summed E-state index contributed by atoms with van der Waals surface area (Å²) in [6, 6.07) is 10.6. The van der Waals surface area contributed by atoms with Gasteiger partial charge < -0.3 is 56.7 Å². The molecule has 1 aliphatic carbocycles. The van der Waals surface area contributed by atoms with Crippen LogP contribution >= 0.6 is 23.5 Å². The van der Waals surface area contributed by atoms with E-state index in [9.17, 15) is 23.6 Å². The highest BCUT2D eigenvalue weighted by atomic mass is 32.2. The van der Waals surface area contributed by atoms with Crippen molar-refractivity contribution in [2.75, 3.05) is 38.8 Å². The fraction of sp³-hybridized carbons (Fsp3) is 0.456. The molecule has 4 aliphatic rings. The molecule has 1 aromatic heterocycles. The van der Waals surface area contributed by atoms with E-state index in [-0.39, 0.29) is 56.9 Å². The maximum absolute atomic E-state index is 15.4. The maximum atomic E-state index is 15.4. The van der Waals surface area contributed by atoms with Crippen molar-refractivity contribution in [1.82, 2.24) is 52.0 Å². The van der Waals surface area contributed by atoms with Gasteiger partial charge in [-0.3, -0.25) is 43.2 Å². The van der Waals surface area contributed by atoms with Crippen LogP contribution in [-0.4, -0.2) is 161 Å². The highest BCUT2D eigenvalue weighted by molar-refractivity contribution is 7.98. The first kappa shape index (κ1) is 68.7. The normalized spacial score (nSPS) is 26.2. The van der Waals surface area contributed by atoms with Gasteiger partial charge in [0.15, 0.2) is 0 Å². The lowest BCUT2D eigenvalue weighted by Crippen LogP contribution is -2.63. The van der Waals surface area contributed by atoms with Gasteiger partial charge in [0, 0.05) is 99.5 Å². The lowest BCUT2D eigenvalue weighted by atomic mass is 9.95. The van der Waals surface area contributed by atoms with Gasteiger partial charge in [-0.2, -0.15) is 23.5 Å². The van der Waals surface area contributed by atoms with Crippen molar-refractivity contribution in [3.05, 3.63) is 143 Å². The monoisotopic (exact) mass is 1280 g/mol. The molecule has 8 N–H and O–H groups in total. The molecule has 9 atom stereocenters. The van der Waals surface area contributed by atoms with Crippen LogP contribution in [0.1, 0.15) is 100 Å². The summed E-state index contributed by atoms with van der Waals surface area (Å²) in [7, 11) is 2.78. The Morgan fingerprint density at radius 1 is 0.758 bits per heavy atom. The van der Waals surface area contributed by atoms with Gasteiger partial charge >= 0.3 is 0 Å². The van der Waals surface area contributed by atoms with E-state index in [1.807, 2.05) is 54.6 Å². The van der Waals surface area contributed by atoms with Crippen LogP contribution in [0, 0.1) is 17.7 Å². The standard InChI is InChI=1S/C68H83FN10O10S2/c1-42-60(81)73-43(2)61(82)74-54-36-47-21-14-20-45(33-47)17-12-9-13-24-57(78(5)65(86)56(75-62(54)83)37-50-39-71-53-26-25-51(69)38-52(50)53)63(84)77-59(44(3)89-6)64(85)76-55(35-46-18-10-7-8-11-19-46)66(87)79-30-16-28-68(79,4)67(88)70-29-32-91-41-49-23-15-22-48(34-49)40-90-31-27-58(80)72-42/h9-10,12,14-15,18-23,25-26,33-34,38-39,42-44,54-57,59,71H,11,13,16-17,24,27-32,35-37,40-41H2,1-6H3,(H,70,88)(H,72,80)(H,73,81)(H,74,82)(H,75,83)(H,76,85)(H,77,84)/b12-9-/t42-,43+,44+,54-,55-,56-,57-,59-,68-/m0/s1. The molecule has 0 radical (unpaired) electrons. The first-order valence-corrected chi connectivity index (χ1v) is 33.3. The Morgan fingerprint density at radius 3 is 2.22 bits per heavy atom. The number of halogens is 1. The molecule has 1 saturated heterocycles. The van der Waals surface area contributed by atoms with Crippen LogP contribution in [0.2, 0.25) is 0 Å². The molecule has 91 heavy (non-hydrogen) atoms. The highest BCUT2D eigenvalue weighted by Crippen LogP contribution is 2.32. The van der Waals surface area contributed by atoms with Crippen molar-refractivity contribution in [2.24, 2.45) is 0 Å². The zero-order chi connectivity index (χ0) is 65.2. The molecule has 4 heterocycles. The Bertz CT molecular complexity index is 3510. The fourth-order valence-corrected chi connectivity index (χ4v) is 13.3. The minimum atomic E-state index is -1.46. The Labute approximate surface area is 539 Å². The quantitative estimate of drug-likeness (QED) is 0.0922. The molecule has 0 unspecified atom stereocenters. The van der Waals surface area contributed by atoms with E-state index in [4.69, 9.17) is 4.74 Å². The van der Waals surface area contributed by atoms with E-state index in [2.05, 4.69) is 60.1 Å². The van der Waals surface area contributed by atoms with Gasteiger partial charge in [-0.15, -0.1) is 0 Å². The third-order valence-electron chi connectivity index (χ3n) is 17.0. The number of amides is 9. The molecule has 0 spiro atoms.